The maximum Gasteiger partial charge on any atom is 0.314 e. The third-order valence-corrected chi connectivity index (χ3v) is 2.74. The van der Waals surface area contributed by atoms with Gasteiger partial charge in [-0.15, -0.1) is 0 Å². The van der Waals surface area contributed by atoms with Crippen molar-refractivity contribution in [3.05, 3.63) is 35.4 Å². The van der Waals surface area contributed by atoms with E-state index in [-0.39, 0.29) is 25.0 Å². The lowest BCUT2D eigenvalue weighted by molar-refractivity contribution is -0.142. The first-order chi connectivity index (χ1) is 9.61. The van der Waals surface area contributed by atoms with Crippen LogP contribution in [0.2, 0.25) is 0 Å². The molecule has 0 aliphatic rings. The molecule has 0 saturated carbocycles. The highest BCUT2D eigenvalue weighted by Crippen LogP contribution is 2.02. The number of esters is 1. The Hall–Kier alpha value is -2.04. The number of ether oxygens (including phenoxy) is 1. The molecule has 0 heterocycles. The van der Waals surface area contributed by atoms with Crippen molar-refractivity contribution in [2.24, 2.45) is 0 Å². The van der Waals surface area contributed by atoms with Crippen LogP contribution in [0.25, 0.3) is 0 Å². The second-order valence-electron chi connectivity index (χ2n) is 4.47. The molecule has 1 aromatic rings. The van der Waals surface area contributed by atoms with E-state index >= 15 is 0 Å². The van der Waals surface area contributed by atoms with E-state index in [0.717, 1.165) is 6.42 Å². The number of carbonyl (C=O) groups excluding carboxylic acids is 2. The van der Waals surface area contributed by atoms with Gasteiger partial charge in [-0.3, -0.25) is 4.79 Å². The fourth-order valence-electron chi connectivity index (χ4n) is 1.65. The molecule has 20 heavy (non-hydrogen) atoms. The summed E-state index contributed by atoms with van der Waals surface area (Å²) in [6.07, 6.45) is 0.977. The highest BCUT2D eigenvalue weighted by Gasteiger charge is 2.03. The SMILES string of the molecule is CCOC(=O)CCNC(=O)NCCc1ccc(C)cc1. The molecule has 0 aromatic heterocycles. The predicted molar refractivity (Wildman–Crippen MR) is 77.5 cm³/mol. The molecular weight excluding hydrogens is 256 g/mol. The quantitative estimate of drug-likeness (QED) is 0.747. The standard InChI is InChI=1S/C15H22N2O3/c1-3-20-14(18)9-11-17-15(19)16-10-8-13-6-4-12(2)5-7-13/h4-7H,3,8-11H2,1-2H3,(H2,16,17,19). The maximum absolute atomic E-state index is 11.5. The van der Waals surface area contributed by atoms with Crippen LogP contribution in [-0.4, -0.2) is 31.7 Å². The summed E-state index contributed by atoms with van der Waals surface area (Å²) in [5.41, 5.74) is 2.40. The predicted octanol–water partition coefficient (Wildman–Crippen LogP) is 1.79. The average molecular weight is 278 g/mol. The molecule has 0 atom stereocenters. The van der Waals surface area contributed by atoms with Crippen molar-refractivity contribution < 1.29 is 14.3 Å². The van der Waals surface area contributed by atoms with E-state index in [9.17, 15) is 9.59 Å². The van der Waals surface area contributed by atoms with Crippen LogP contribution in [0.5, 0.6) is 0 Å². The Morgan fingerprint density at radius 1 is 1.10 bits per heavy atom. The molecule has 0 radical (unpaired) electrons. The molecule has 1 aromatic carbocycles. The summed E-state index contributed by atoms with van der Waals surface area (Å²) in [7, 11) is 0. The summed E-state index contributed by atoms with van der Waals surface area (Å²) in [6, 6.07) is 7.94. The molecule has 0 aliphatic carbocycles. The maximum atomic E-state index is 11.5. The molecular formula is C15H22N2O3. The van der Waals surface area contributed by atoms with Gasteiger partial charge in [0.1, 0.15) is 0 Å². The van der Waals surface area contributed by atoms with E-state index in [4.69, 9.17) is 4.74 Å². The van der Waals surface area contributed by atoms with Crippen LogP contribution < -0.4 is 10.6 Å². The van der Waals surface area contributed by atoms with Gasteiger partial charge in [0.2, 0.25) is 0 Å². The van der Waals surface area contributed by atoms with E-state index in [1.807, 2.05) is 6.92 Å². The summed E-state index contributed by atoms with van der Waals surface area (Å²) in [4.78, 5) is 22.5. The topological polar surface area (TPSA) is 67.4 Å². The van der Waals surface area contributed by atoms with E-state index in [0.29, 0.717) is 13.2 Å². The Bertz CT molecular complexity index is 429. The zero-order chi connectivity index (χ0) is 14.8. The zero-order valence-electron chi connectivity index (χ0n) is 12.1. The Kier molecular flexibility index (Phi) is 7.17. The van der Waals surface area contributed by atoms with E-state index < -0.39 is 0 Å². The Morgan fingerprint density at radius 2 is 1.75 bits per heavy atom. The number of rotatable bonds is 7. The summed E-state index contributed by atoms with van der Waals surface area (Å²) >= 11 is 0. The monoisotopic (exact) mass is 278 g/mol. The summed E-state index contributed by atoms with van der Waals surface area (Å²) in [5, 5.41) is 5.37. The fraction of sp³-hybridized carbons (Fsp3) is 0.467. The van der Waals surface area contributed by atoms with Crippen molar-refractivity contribution >= 4 is 12.0 Å². The zero-order valence-corrected chi connectivity index (χ0v) is 12.1. The summed E-state index contributed by atoms with van der Waals surface area (Å²) in [5.74, 6) is -0.299. The molecule has 0 fully saturated rings. The first-order valence-electron chi connectivity index (χ1n) is 6.84. The number of benzene rings is 1. The Morgan fingerprint density at radius 3 is 2.40 bits per heavy atom. The van der Waals surface area contributed by atoms with Gasteiger partial charge in [-0.05, 0) is 25.8 Å². The summed E-state index contributed by atoms with van der Waals surface area (Å²) < 4.78 is 4.76. The molecule has 0 unspecified atom stereocenters. The minimum Gasteiger partial charge on any atom is -0.466 e. The lowest BCUT2D eigenvalue weighted by atomic mass is 10.1. The molecule has 0 spiro atoms. The van der Waals surface area contributed by atoms with Crippen molar-refractivity contribution in [2.75, 3.05) is 19.7 Å². The van der Waals surface area contributed by atoms with E-state index in [2.05, 4.69) is 34.9 Å². The number of amides is 2. The van der Waals surface area contributed by atoms with Crippen LogP contribution in [0.1, 0.15) is 24.5 Å². The minimum atomic E-state index is -0.299. The minimum absolute atomic E-state index is 0.194. The van der Waals surface area contributed by atoms with E-state index in [1.54, 1.807) is 6.92 Å². The Labute approximate surface area is 119 Å². The number of hydrogen-bond acceptors (Lipinski definition) is 3. The number of aryl methyl sites for hydroxylation is 1. The van der Waals surface area contributed by atoms with Gasteiger partial charge in [0.25, 0.3) is 0 Å². The molecule has 5 nitrogen and oxygen atoms in total. The molecule has 2 N–H and O–H groups in total. The molecule has 1 rings (SSSR count). The van der Waals surface area contributed by atoms with Gasteiger partial charge in [-0.2, -0.15) is 0 Å². The first-order valence-corrected chi connectivity index (χ1v) is 6.84. The molecule has 5 heteroatoms. The molecule has 110 valence electrons. The van der Waals surface area contributed by atoms with Crippen molar-refractivity contribution in [1.82, 2.24) is 10.6 Å². The van der Waals surface area contributed by atoms with Crippen LogP contribution >= 0.6 is 0 Å². The first kappa shape index (κ1) is 16.0. The van der Waals surface area contributed by atoms with Gasteiger partial charge in [-0.1, -0.05) is 29.8 Å². The second kappa shape index (κ2) is 8.96. The second-order valence-corrected chi connectivity index (χ2v) is 4.47. The number of urea groups is 1. The van der Waals surface area contributed by atoms with E-state index in [1.165, 1.54) is 11.1 Å². The third kappa shape index (κ3) is 6.78. The van der Waals surface area contributed by atoms with Gasteiger partial charge in [0, 0.05) is 13.1 Å². The number of carbonyl (C=O) groups is 2. The van der Waals surface area contributed by atoms with Gasteiger partial charge in [0.05, 0.1) is 13.0 Å². The van der Waals surface area contributed by atoms with Gasteiger partial charge >= 0.3 is 12.0 Å². The Balaban J connectivity index is 2.11. The number of hydrogen-bond donors (Lipinski definition) is 2. The van der Waals surface area contributed by atoms with Crippen LogP contribution in [0.4, 0.5) is 4.79 Å². The smallest absolute Gasteiger partial charge is 0.314 e. The average Bonchev–Trinajstić information content (AvgIpc) is 2.41. The lowest BCUT2D eigenvalue weighted by Crippen LogP contribution is -2.37. The summed E-state index contributed by atoms with van der Waals surface area (Å²) in [6.45, 7) is 5.01. The molecule has 0 aliphatic heterocycles. The van der Waals surface area contributed by atoms with Crippen molar-refractivity contribution in [3.8, 4) is 0 Å². The number of nitrogens with one attached hydrogen (secondary N) is 2. The van der Waals surface area contributed by atoms with Crippen LogP contribution in [-0.2, 0) is 16.0 Å². The fourth-order valence-corrected chi connectivity index (χ4v) is 1.65. The van der Waals surface area contributed by atoms with Crippen LogP contribution in [0, 0.1) is 6.92 Å². The highest BCUT2D eigenvalue weighted by atomic mass is 16.5. The normalized spacial score (nSPS) is 9.90. The van der Waals surface area contributed by atoms with Crippen molar-refractivity contribution in [3.63, 3.8) is 0 Å². The molecule has 0 saturated heterocycles. The van der Waals surface area contributed by atoms with Crippen LogP contribution in [0.15, 0.2) is 24.3 Å². The van der Waals surface area contributed by atoms with Gasteiger partial charge in [-0.25, -0.2) is 4.79 Å². The van der Waals surface area contributed by atoms with Crippen molar-refractivity contribution in [1.29, 1.82) is 0 Å². The molecule has 2 amide bonds. The highest BCUT2D eigenvalue weighted by molar-refractivity contribution is 5.75. The third-order valence-electron chi connectivity index (χ3n) is 2.74. The largest absolute Gasteiger partial charge is 0.466 e. The van der Waals surface area contributed by atoms with Gasteiger partial charge < -0.3 is 15.4 Å². The molecule has 0 bridgehead atoms. The van der Waals surface area contributed by atoms with Crippen molar-refractivity contribution in [2.45, 2.75) is 26.7 Å². The lowest BCUT2D eigenvalue weighted by Gasteiger charge is -2.07. The van der Waals surface area contributed by atoms with Crippen LogP contribution in [0.3, 0.4) is 0 Å². The van der Waals surface area contributed by atoms with Gasteiger partial charge in [0.15, 0.2) is 0 Å².